The Morgan fingerprint density at radius 3 is 2.64 bits per heavy atom. The Morgan fingerprint density at radius 1 is 1.20 bits per heavy atom. The zero-order valence-electron chi connectivity index (χ0n) is 13.6. The van der Waals surface area contributed by atoms with Gasteiger partial charge >= 0.3 is 0 Å². The summed E-state index contributed by atoms with van der Waals surface area (Å²) in [5, 5.41) is 0. The summed E-state index contributed by atoms with van der Waals surface area (Å²) in [7, 11) is -3.71. The molecule has 0 aromatic heterocycles. The molecule has 4 rings (SSSR count). The Bertz CT molecular complexity index is 971. The van der Waals surface area contributed by atoms with E-state index < -0.39 is 10.0 Å². The summed E-state index contributed by atoms with van der Waals surface area (Å²) in [6.45, 7) is 2.56. The SMILES string of the molecule is CC1C(=O)N2CCCc3cc(S(=O)(=O)Nc4ccc(Br)cc4)cc1c32. The normalized spacial score (nSPS) is 19.0. The summed E-state index contributed by atoms with van der Waals surface area (Å²) >= 11 is 3.33. The van der Waals surface area contributed by atoms with E-state index in [0.717, 1.165) is 34.1 Å². The van der Waals surface area contributed by atoms with E-state index in [2.05, 4.69) is 20.7 Å². The minimum absolute atomic E-state index is 0.0615. The summed E-state index contributed by atoms with van der Waals surface area (Å²) in [5.74, 6) is -0.235. The molecule has 7 heteroatoms. The minimum atomic E-state index is -3.71. The molecule has 5 nitrogen and oxygen atoms in total. The molecule has 0 saturated heterocycles. The van der Waals surface area contributed by atoms with Crippen LogP contribution in [0.2, 0.25) is 0 Å². The van der Waals surface area contributed by atoms with Crippen LogP contribution in [-0.4, -0.2) is 20.9 Å². The Morgan fingerprint density at radius 2 is 1.92 bits per heavy atom. The van der Waals surface area contributed by atoms with Crippen LogP contribution in [0.3, 0.4) is 0 Å². The first-order chi connectivity index (χ1) is 11.9. The van der Waals surface area contributed by atoms with E-state index >= 15 is 0 Å². The van der Waals surface area contributed by atoms with Crippen molar-refractivity contribution in [3.05, 3.63) is 52.0 Å². The highest BCUT2D eigenvalue weighted by atomic mass is 79.9. The Hall–Kier alpha value is -1.86. The lowest BCUT2D eigenvalue weighted by Crippen LogP contribution is -2.32. The van der Waals surface area contributed by atoms with Gasteiger partial charge in [-0.3, -0.25) is 9.52 Å². The predicted octanol–water partition coefficient (Wildman–Crippen LogP) is 3.65. The number of benzene rings is 2. The van der Waals surface area contributed by atoms with Crippen molar-refractivity contribution in [3.8, 4) is 0 Å². The van der Waals surface area contributed by atoms with Crippen LogP contribution in [0.4, 0.5) is 11.4 Å². The smallest absolute Gasteiger partial charge is 0.261 e. The van der Waals surface area contributed by atoms with E-state index in [0.29, 0.717) is 12.2 Å². The molecule has 0 saturated carbocycles. The second-order valence-corrected chi connectivity index (χ2v) is 9.05. The van der Waals surface area contributed by atoms with Gasteiger partial charge in [-0.1, -0.05) is 15.9 Å². The molecule has 0 radical (unpaired) electrons. The third-order valence-corrected chi connectivity index (χ3v) is 6.69. The first kappa shape index (κ1) is 16.6. The average Bonchev–Trinajstić information content (AvgIpc) is 2.84. The largest absolute Gasteiger partial charge is 0.311 e. The van der Waals surface area contributed by atoms with Crippen LogP contribution in [0.5, 0.6) is 0 Å². The molecule has 2 aromatic rings. The first-order valence-corrected chi connectivity index (χ1v) is 10.4. The number of aryl methyl sites for hydroxylation is 1. The van der Waals surface area contributed by atoms with Gasteiger partial charge in [0.1, 0.15) is 0 Å². The van der Waals surface area contributed by atoms with Crippen LogP contribution in [0.25, 0.3) is 0 Å². The topological polar surface area (TPSA) is 66.5 Å². The fourth-order valence-corrected chi connectivity index (χ4v) is 4.96. The van der Waals surface area contributed by atoms with Gasteiger partial charge in [-0.15, -0.1) is 0 Å². The third-order valence-electron chi connectivity index (χ3n) is 4.80. The van der Waals surface area contributed by atoms with Gasteiger partial charge in [0.25, 0.3) is 10.0 Å². The minimum Gasteiger partial charge on any atom is -0.311 e. The fraction of sp³-hybridized carbons (Fsp3) is 0.278. The number of anilines is 2. The second-order valence-electron chi connectivity index (χ2n) is 6.45. The molecule has 1 amide bonds. The zero-order chi connectivity index (χ0) is 17.8. The van der Waals surface area contributed by atoms with Crippen LogP contribution in [0.1, 0.15) is 30.4 Å². The summed E-state index contributed by atoms with van der Waals surface area (Å²) in [5.41, 5.74) is 3.19. The lowest BCUT2D eigenvalue weighted by Gasteiger charge is -2.26. The number of nitrogens with zero attached hydrogens (tertiary/aromatic N) is 1. The number of hydrogen-bond donors (Lipinski definition) is 1. The maximum atomic E-state index is 12.8. The van der Waals surface area contributed by atoms with Crippen molar-refractivity contribution in [3.63, 3.8) is 0 Å². The van der Waals surface area contributed by atoms with E-state index in [9.17, 15) is 13.2 Å². The maximum Gasteiger partial charge on any atom is 0.261 e. The molecule has 0 fully saturated rings. The van der Waals surface area contributed by atoms with Gasteiger partial charge in [0, 0.05) is 16.7 Å². The van der Waals surface area contributed by atoms with Crippen LogP contribution in [-0.2, 0) is 21.2 Å². The molecule has 1 N–H and O–H groups in total. The zero-order valence-corrected chi connectivity index (χ0v) is 16.0. The third kappa shape index (κ3) is 2.75. The molecule has 1 atom stereocenters. The molecule has 0 aliphatic carbocycles. The van der Waals surface area contributed by atoms with Crippen molar-refractivity contribution in [1.29, 1.82) is 0 Å². The van der Waals surface area contributed by atoms with Gasteiger partial charge in [-0.2, -0.15) is 0 Å². The first-order valence-electron chi connectivity index (χ1n) is 8.13. The number of carbonyl (C=O) groups excluding carboxylic acids is 1. The molecule has 0 spiro atoms. The highest BCUT2D eigenvalue weighted by molar-refractivity contribution is 9.10. The van der Waals surface area contributed by atoms with Gasteiger partial charge in [0.15, 0.2) is 0 Å². The molecule has 2 heterocycles. The Labute approximate surface area is 155 Å². The van der Waals surface area contributed by atoms with E-state index in [1.54, 1.807) is 41.3 Å². The van der Waals surface area contributed by atoms with E-state index in [4.69, 9.17) is 0 Å². The van der Waals surface area contributed by atoms with Crippen LogP contribution < -0.4 is 9.62 Å². The van der Waals surface area contributed by atoms with Crippen molar-refractivity contribution < 1.29 is 13.2 Å². The van der Waals surface area contributed by atoms with Crippen molar-refractivity contribution in [2.75, 3.05) is 16.2 Å². The monoisotopic (exact) mass is 420 g/mol. The van der Waals surface area contributed by atoms with Gasteiger partial charge in [0.05, 0.1) is 16.5 Å². The molecule has 2 aromatic carbocycles. The number of amides is 1. The number of hydrogen-bond acceptors (Lipinski definition) is 3. The molecule has 130 valence electrons. The number of sulfonamides is 1. The van der Waals surface area contributed by atoms with Crippen LogP contribution >= 0.6 is 15.9 Å². The van der Waals surface area contributed by atoms with E-state index in [-0.39, 0.29) is 16.7 Å². The summed E-state index contributed by atoms with van der Waals surface area (Å²) in [4.78, 5) is 14.4. The molecule has 25 heavy (non-hydrogen) atoms. The number of rotatable bonds is 3. The Balaban J connectivity index is 1.76. The van der Waals surface area contributed by atoms with E-state index in [1.807, 2.05) is 6.92 Å². The number of carbonyl (C=O) groups is 1. The maximum absolute atomic E-state index is 12.8. The predicted molar refractivity (Wildman–Crippen MR) is 100 cm³/mol. The van der Waals surface area contributed by atoms with Gasteiger partial charge in [-0.05, 0) is 67.3 Å². The standard InChI is InChI=1S/C18H17BrN2O3S/c1-11-16-10-15(9-12-3-2-8-21(17(12)16)18(11)22)25(23,24)20-14-6-4-13(19)5-7-14/h4-7,9-11,20H,2-3,8H2,1H3. The van der Waals surface area contributed by atoms with Crippen molar-refractivity contribution in [2.45, 2.75) is 30.6 Å². The molecule has 0 bridgehead atoms. The van der Waals surface area contributed by atoms with Crippen LogP contribution in [0.15, 0.2) is 45.8 Å². The fourth-order valence-electron chi connectivity index (χ4n) is 3.55. The number of halogens is 1. The highest BCUT2D eigenvalue weighted by Gasteiger charge is 2.38. The lowest BCUT2D eigenvalue weighted by molar-refractivity contribution is -0.119. The van der Waals surface area contributed by atoms with Crippen molar-refractivity contribution >= 4 is 43.2 Å². The molecular weight excluding hydrogens is 404 g/mol. The van der Waals surface area contributed by atoms with Gasteiger partial charge in [0.2, 0.25) is 5.91 Å². The van der Waals surface area contributed by atoms with Crippen molar-refractivity contribution in [1.82, 2.24) is 0 Å². The van der Waals surface area contributed by atoms with Gasteiger partial charge < -0.3 is 4.90 Å². The average molecular weight is 421 g/mol. The highest BCUT2D eigenvalue weighted by Crippen LogP contribution is 2.44. The lowest BCUT2D eigenvalue weighted by atomic mass is 9.97. The second kappa shape index (κ2) is 5.85. The summed E-state index contributed by atoms with van der Waals surface area (Å²) in [6, 6.07) is 10.3. The quantitative estimate of drug-likeness (QED) is 0.823. The van der Waals surface area contributed by atoms with Crippen LogP contribution in [0, 0.1) is 0 Å². The van der Waals surface area contributed by atoms with Gasteiger partial charge in [-0.25, -0.2) is 8.42 Å². The summed E-state index contributed by atoms with van der Waals surface area (Å²) in [6.07, 6.45) is 1.65. The molecular formula is C18H17BrN2O3S. The summed E-state index contributed by atoms with van der Waals surface area (Å²) < 4.78 is 29.1. The van der Waals surface area contributed by atoms with E-state index in [1.165, 1.54) is 0 Å². The molecule has 1 unspecified atom stereocenters. The molecule has 2 aliphatic heterocycles. The van der Waals surface area contributed by atoms with Crippen molar-refractivity contribution in [2.24, 2.45) is 0 Å². The Kier molecular flexibility index (Phi) is 3.88. The molecule has 2 aliphatic rings. The number of nitrogens with one attached hydrogen (secondary N) is 1.